The predicted octanol–water partition coefficient (Wildman–Crippen LogP) is 1.68. The topological polar surface area (TPSA) is 46.2 Å². The summed E-state index contributed by atoms with van der Waals surface area (Å²) in [5.41, 5.74) is 7.80. The second-order valence-electron chi connectivity index (χ2n) is 3.88. The highest BCUT2D eigenvalue weighted by molar-refractivity contribution is 5.51. The van der Waals surface area contributed by atoms with E-state index in [1.165, 1.54) is 6.42 Å². The molecule has 0 saturated heterocycles. The minimum atomic E-state index is -0.0225. The van der Waals surface area contributed by atoms with Crippen molar-refractivity contribution in [3.05, 3.63) is 29.8 Å². The van der Waals surface area contributed by atoms with Gasteiger partial charge in [-0.05, 0) is 24.5 Å². The van der Waals surface area contributed by atoms with Crippen molar-refractivity contribution < 1.29 is 5.11 Å². The molecule has 3 N–H and O–H groups in total. The van der Waals surface area contributed by atoms with Crippen LogP contribution < -0.4 is 5.73 Å². The van der Waals surface area contributed by atoms with E-state index in [4.69, 9.17) is 5.73 Å². The van der Waals surface area contributed by atoms with Gasteiger partial charge < -0.3 is 10.8 Å². The van der Waals surface area contributed by atoms with E-state index in [0.717, 1.165) is 24.1 Å². The Hall–Kier alpha value is -1.02. The number of rotatable bonds is 2. The Bertz CT molecular complexity index is 299. The van der Waals surface area contributed by atoms with Crippen LogP contribution >= 0.6 is 0 Å². The number of aliphatic hydroxyl groups is 1. The minimum absolute atomic E-state index is 0.0225. The van der Waals surface area contributed by atoms with Gasteiger partial charge >= 0.3 is 0 Å². The van der Waals surface area contributed by atoms with Crippen molar-refractivity contribution in [3.8, 4) is 0 Å². The molecule has 1 aromatic carbocycles. The number of para-hydroxylation sites is 1. The van der Waals surface area contributed by atoms with Gasteiger partial charge in [0, 0.05) is 11.1 Å². The molecule has 2 nitrogen and oxygen atoms in total. The van der Waals surface area contributed by atoms with Gasteiger partial charge in [0.05, 0.1) is 6.61 Å². The van der Waals surface area contributed by atoms with Crippen LogP contribution in [0.25, 0.3) is 0 Å². The van der Waals surface area contributed by atoms with Crippen LogP contribution in [-0.2, 0) is 5.41 Å². The van der Waals surface area contributed by atoms with Crippen LogP contribution in [0.5, 0.6) is 0 Å². The van der Waals surface area contributed by atoms with Crippen LogP contribution in [0, 0.1) is 0 Å². The summed E-state index contributed by atoms with van der Waals surface area (Å²) in [5.74, 6) is 0. The molecule has 0 aliphatic heterocycles. The number of aliphatic hydroxyl groups excluding tert-OH is 1. The fraction of sp³-hybridized carbons (Fsp3) is 0.455. The first-order valence-corrected chi connectivity index (χ1v) is 4.74. The molecule has 1 aromatic rings. The molecule has 0 unspecified atom stereocenters. The maximum Gasteiger partial charge on any atom is 0.0528 e. The molecule has 70 valence electrons. The lowest BCUT2D eigenvalue weighted by Crippen LogP contribution is -2.38. The number of nitrogen functional groups attached to an aromatic ring is 1. The third-order valence-electron chi connectivity index (χ3n) is 3.15. The monoisotopic (exact) mass is 177 g/mol. The summed E-state index contributed by atoms with van der Waals surface area (Å²) in [6, 6.07) is 7.86. The van der Waals surface area contributed by atoms with Gasteiger partial charge in [-0.25, -0.2) is 0 Å². The summed E-state index contributed by atoms with van der Waals surface area (Å²) in [4.78, 5) is 0. The van der Waals surface area contributed by atoms with Crippen molar-refractivity contribution in [1.29, 1.82) is 0 Å². The second kappa shape index (κ2) is 3.04. The molecule has 0 heterocycles. The van der Waals surface area contributed by atoms with Gasteiger partial charge in [-0.1, -0.05) is 24.6 Å². The van der Waals surface area contributed by atoms with E-state index >= 15 is 0 Å². The molecule has 0 spiro atoms. The SMILES string of the molecule is Nc1ccccc1C1(CO)CCC1. The molecule has 0 aromatic heterocycles. The van der Waals surface area contributed by atoms with Crippen molar-refractivity contribution in [3.63, 3.8) is 0 Å². The zero-order valence-electron chi connectivity index (χ0n) is 7.66. The van der Waals surface area contributed by atoms with E-state index in [-0.39, 0.29) is 12.0 Å². The van der Waals surface area contributed by atoms with E-state index < -0.39 is 0 Å². The summed E-state index contributed by atoms with van der Waals surface area (Å²) < 4.78 is 0. The van der Waals surface area contributed by atoms with Gasteiger partial charge in [-0.15, -0.1) is 0 Å². The first-order chi connectivity index (χ1) is 6.28. The fourth-order valence-electron chi connectivity index (χ4n) is 2.10. The largest absolute Gasteiger partial charge is 0.398 e. The van der Waals surface area contributed by atoms with Crippen LogP contribution in [0.15, 0.2) is 24.3 Å². The summed E-state index contributed by atoms with van der Waals surface area (Å²) in [6.07, 6.45) is 3.34. The molecule has 0 radical (unpaired) electrons. The van der Waals surface area contributed by atoms with Crippen molar-refractivity contribution in [2.24, 2.45) is 0 Å². The molecular weight excluding hydrogens is 162 g/mol. The number of benzene rings is 1. The summed E-state index contributed by atoms with van der Waals surface area (Å²) in [5, 5.41) is 9.36. The molecule has 0 bridgehead atoms. The summed E-state index contributed by atoms with van der Waals surface area (Å²) >= 11 is 0. The zero-order chi connectivity index (χ0) is 9.31. The Kier molecular flexibility index (Phi) is 2.00. The number of hydrogen-bond donors (Lipinski definition) is 2. The molecule has 1 fully saturated rings. The van der Waals surface area contributed by atoms with E-state index in [1.54, 1.807) is 0 Å². The Balaban J connectivity index is 2.38. The lowest BCUT2D eigenvalue weighted by molar-refractivity contribution is 0.121. The third kappa shape index (κ3) is 1.22. The smallest absolute Gasteiger partial charge is 0.0528 e. The summed E-state index contributed by atoms with van der Waals surface area (Å²) in [6.45, 7) is 0.223. The van der Waals surface area contributed by atoms with Crippen LogP contribution in [0.2, 0.25) is 0 Å². The average Bonchev–Trinajstić information content (AvgIpc) is 2.07. The lowest BCUT2D eigenvalue weighted by atomic mass is 9.64. The third-order valence-corrected chi connectivity index (χ3v) is 3.15. The quantitative estimate of drug-likeness (QED) is 0.675. The van der Waals surface area contributed by atoms with Crippen LogP contribution in [0.4, 0.5) is 5.69 Å². The van der Waals surface area contributed by atoms with Crippen LogP contribution in [0.1, 0.15) is 24.8 Å². The number of anilines is 1. The van der Waals surface area contributed by atoms with Crippen LogP contribution in [-0.4, -0.2) is 11.7 Å². The highest BCUT2D eigenvalue weighted by atomic mass is 16.3. The first kappa shape index (κ1) is 8.57. The predicted molar refractivity (Wildman–Crippen MR) is 53.5 cm³/mol. The Morgan fingerprint density at radius 1 is 1.31 bits per heavy atom. The molecule has 1 aliphatic rings. The van der Waals surface area contributed by atoms with Gasteiger partial charge in [-0.2, -0.15) is 0 Å². The lowest BCUT2D eigenvalue weighted by Gasteiger charge is -2.41. The molecule has 13 heavy (non-hydrogen) atoms. The maximum absolute atomic E-state index is 9.36. The second-order valence-corrected chi connectivity index (χ2v) is 3.88. The van der Waals surface area contributed by atoms with E-state index in [9.17, 15) is 5.11 Å². The molecule has 0 amide bonds. The standard InChI is InChI=1S/C11H15NO/c12-10-5-2-1-4-9(10)11(8-13)6-3-7-11/h1-2,4-5,13H,3,6-8,12H2. The number of nitrogens with two attached hydrogens (primary N) is 1. The molecule has 0 atom stereocenters. The highest BCUT2D eigenvalue weighted by Gasteiger charge is 2.39. The van der Waals surface area contributed by atoms with E-state index in [0.29, 0.717) is 0 Å². The van der Waals surface area contributed by atoms with Gasteiger partial charge in [0.15, 0.2) is 0 Å². The van der Waals surface area contributed by atoms with Crippen LogP contribution in [0.3, 0.4) is 0 Å². The Morgan fingerprint density at radius 3 is 2.46 bits per heavy atom. The van der Waals surface area contributed by atoms with Gasteiger partial charge in [0.25, 0.3) is 0 Å². The molecule has 1 aliphatic carbocycles. The van der Waals surface area contributed by atoms with Gasteiger partial charge in [-0.3, -0.25) is 0 Å². The first-order valence-electron chi connectivity index (χ1n) is 4.74. The van der Waals surface area contributed by atoms with Crippen molar-refractivity contribution in [1.82, 2.24) is 0 Å². The Morgan fingerprint density at radius 2 is 2.00 bits per heavy atom. The normalized spacial score (nSPS) is 19.5. The number of hydrogen-bond acceptors (Lipinski definition) is 2. The highest BCUT2D eigenvalue weighted by Crippen LogP contribution is 2.45. The maximum atomic E-state index is 9.36. The van der Waals surface area contributed by atoms with Gasteiger partial charge in [0.1, 0.15) is 0 Å². The minimum Gasteiger partial charge on any atom is -0.398 e. The molecule has 2 rings (SSSR count). The summed E-state index contributed by atoms with van der Waals surface area (Å²) in [7, 11) is 0. The average molecular weight is 177 g/mol. The van der Waals surface area contributed by atoms with E-state index in [1.807, 2.05) is 24.3 Å². The zero-order valence-corrected chi connectivity index (χ0v) is 7.66. The van der Waals surface area contributed by atoms with Crippen molar-refractivity contribution in [2.45, 2.75) is 24.7 Å². The van der Waals surface area contributed by atoms with Crippen molar-refractivity contribution in [2.75, 3.05) is 12.3 Å². The molecular formula is C11H15NO. The van der Waals surface area contributed by atoms with E-state index in [2.05, 4.69) is 0 Å². The molecule has 2 heteroatoms. The van der Waals surface area contributed by atoms with Gasteiger partial charge in [0.2, 0.25) is 0 Å². The molecule has 1 saturated carbocycles. The Labute approximate surface area is 78.4 Å². The fourth-order valence-corrected chi connectivity index (χ4v) is 2.10. The van der Waals surface area contributed by atoms with Crippen molar-refractivity contribution >= 4 is 5.69 Å².